The Kier molecular flexibility index (Phi) is 1.93. The van der Waals surface area contributed by atoms with Gasteiger partial charge < -0.3 is 5.11 Å². The Labute approximate surface area is 77.2 Å². The van der Waals surface area contributed by atoms with Crippen molar-refractivity contribution in [2.24, 2.45) is 5.92 Å². The van der Waals surface area contributed by atoms with Crippen LogP contribution in [0.2, 0.25) is 0 Å². The summed E-state index contributed by atoms with van der Waals surface area (Å²) >= 11 is 0. The van der Waals surface area contributed by atoms with Crippen LogP contribution in [0, 0.1) is 5.92 Å². The number of rotatable bonds is 3. The number of hydrogen-bond donors (Lipinski definition) is 1. The number of benzene rings is 1. The van der Waals surface area contributed by atoms with Gasteiger partial charge in [-0.15, -0.1) is 0 Å². The highest BCUT2D eigenvalue weighted by Gasteiger charge is 2.44. The lowest BCUT2D eigenvalue weighted by molar-refractivity contribution is -0.127. The Balaban J connectivity index is 2.36. The average molecular weight is 176 g/mol. The molecule has 1 unspecified atom stereocenters. The molecular formula is C11H12O2. The molecule has 2 nitrogen and oxygen atoms in total. The number of carbonyl (C=O) groups excluding carboxylic acids is 1. The Hall–Kier alpha value is -1.15. The maximum absolute atomic E-state index is 10.9. The van der Waals surface area contributed by atoms with E-state index in [1.165, 1.54) is 0 Å². The minimum absolute atomic E-state index is 0.132. The fraction of sp³-hybridized carbons (Fsp3) is 0.364. The van der Waals surface area contributed by atoms with Gasteiger partial charge in [0.25, 0.3) is 0 Å². The smallest absolute Gasteiger partial charge is 0.156 e. The minimum atomic E-state index is -1.23. The largest absolute Gasteiger partial charge is 0.377 e. The van der Waals surface area contributed by atoms with Crippen molar-refractivity contribution in [3.63, 3.8) is 0 Å². The summed E-state index contributed by atoms with van der Waals surface area (Å²) in [5.41, 5.74) is -0.520. The van der Waals surface area contributed by atoms with E-state index in [1.807, 2.05) is 18.2 Å². The molecule has 0 radical (unpaired) electrons. The van der Waals surface area contributed by atoms with E-state index in [1.54, 1.807) is 12.1 Å². The molecule has 13 heavy (non-hydrogen) atoms. The molecule has 0 aromatic heterocycles. The first-order valence-corrected chi connectivity index (χ1v) is 4.51. The van der Waals surface area contributed by atoms with E-state index in [-0.39, 0.29) is 5.92 Å². The molecule has 1 atom stereocenters. The minimum Gasteiger partial charge on any atom is -0.377 e. The number of hydrogen-bond acceptors (Lipinski definition) is 2. The second kappa shape index (κ2) is 2.96. The molecule has 0 spiro atoms. The van der Waals surface area contributed by atoms with Gasteiger partial charge in [0.05, 0.1) is 0 Å². The van der Waals surface area contributed by atoms with Gasteiger partial charge in [-0.3, -0.25) is 4.79 Å². The van der Waals surface area contributed by atoms with Gasteiger partial charge in [0.2, 0.25) is 0 Å². The quantitative estimate of drug-likeness (QED) is 0.708. The monoisotopic (exact) mass is 176 g/mol. The standard InChI is InChI=1S/C11H12O2/c12-8-11(13,10-6-7-10)9-4-2-1-3-5-9/h1-5,8,10,13H,6-7H2. The molecule has 0 saturated heterocycles. The highest BCUT2D eigenvalue weighted by molar-refractivity contribution is 5.67. The second-order valence-electron chi connectivity index (χ2n) is 3.58. The Bertz CT molecular complexity index is 303. The number of carbonyl (C=O) groups is 1. The van der Waals surface area contributed by atoms with Crippen molar-refractivity contribution in [3.05, 3.63) is 35.9 Å². The summed E-state index contributed by atoms with van der Waals surface area (Å²) in [4.78, 5) is 10.9. The topological polar surface area (TPSA) is 37.3 Å². The lowest BCUT2D eigenvalue weighted by Gasteiger charge is -2.21. The molecule has 68 valence electrons. The van der Waals surface area contributed by atoms with Crippen molar-refractivity contribution < 1.29 is 9.90 Å². The first kappa shape index (κ1) is 8.45. The molecule has 0 bridgehead atoms. The highest BCUT2D eigenvalue weighted by Crippen LogP contribution is 2.44. The van der Waals surface area contributed by atoms with Gasteiger partial charge in [-0.2, -0.15) is 0 Å². The van der Waals surface area contributed by atoms with Crippen LogP contribution in [-0.2, 0) is 10.4 Å². The molecule has 0 aliphatic heterocycles. The van der Waals surface area contributed by atoms with Crippen LogP contribution in [-0.4, -0.2) is 11.4 Å². The van der Waals surface area contributed by atoms with E-state index in [0.717, 1.165) is 12.8 Å². The molecule has 1 aromatic carbocycles. The predicted molar refractivity (Wildman–Crippen MR) is 49.1 cm³/mol. The van der Waals surface area contributed by atoms with Crippen molar-refractivity contribution in [1.29, 1.82) is 0 Å². The van der Waals surface area contributed by atoms with Gasteiger partial charge in [0, 0.05) is 0 Å². The molecule has 0 heterocycles. The fourth-order valence-electron chi connectivity index (χ4n) is 1.63. The lowest BCUT2D eigenvalue weighted by atomic mass is 9.90. The molecular weight excluding hydrogens is 164 g/mol. The molecule has 2 heteroatoms. The van der Waals surface area contributed by atoms with Gasteiger partial charge in [-0.1, -0.05) is 30.3 Å². The van der Waals surface area contributed by atoms with E-state index in [2.05, 4.69) is 0 Å². The van der Waals surface area contributed by atoms with Gasteiger partial charge in [-0.25, -0.2) is 0 Å². The predicted octanol–water partition coefficient (Wildman–Crippen LogP) is 1.48. The van der Waals surface area contributed by atoms with Gasteiger partial charge >= 0.3 is 0 Å². The third kappa shape index (κ3) is 1.38. The van der Waals surface area contributed by atoms with E-state index in [9.17, 15) is 9.90 Å². The summed E-state index contributed by atoms with van der Waals surface area (Å²) in [5.74, 6) is 0.132. The normalized spacial score (nSPS) is 20.7. The fourth-order valence-corrected chi connectivity index (χ4v) is 1.63. The first-order chi connectivity index (χ1) is 6.27. The van der Waals surface area contributed by atoms with Crippen molar-refractivity contribution in [2.75, 3.05) is 0 Å². The van der Waals surface area contributed by atoms with Crippen LogP contribution in [0.3, 0.4) is 0 Å². The summed E-state index contributed by atoms with van der Waals surface area (Å²) in [6, 6.07) is 9.15. The summed E-state index contributed by atoms with van der Waals surface area (Å²) in [7, 11) is 0. The molecule has 0 amide bonds. The molecule has 2 rings (SSSR count). The zero-order chi connectivity index (χ0) is 9.31. The van der Waals surface area contributed by atoms with Crippen molar-refractivity contribution in [3.8, 4) is 0 Å². The van der Waals surface area contributed by atoms with Crippen molar-refractivity contribution >= 4 is 6.29 Å². The molecule has 1 fully saturated rings. The van der Waals surface area contributed by atoms with Crippen LogP contribution in [0.5, 0.6) is 0 Å². The molecule has 1 aliphatic carbocycles. The van der Waals surface area contributed by atoms with Crippen LogP contribution in [0.4, 0.5) is 0 Å². The van der Waals surface area contributed by atoms with Gasteiger partial charge in [0.1, 0.15) is 5.60 Å². The zero-order valence-corrected chi connectivity index (χ0v) is 7.31. The van der Waals surface area contributed by atoms with E-state index in [0.29, 0.717) is 11.8 Å². The number of aldehydes is 1. The van der Waals surface area contributed by atoms with Crippen LogP contribution >= 0.6 is 0 Å². The van der Waals surface area contributed by atoms with E-state index in [4.69, 9.17) is 0 Å². The molecule has 1 saturated carbocycles. The maximum Gasteiger partial charge on any atom is 0.156 e. The first-order valence-electron chi connectivity index (χ1n) is 4.51. The highest BCUT2D eigenvalue weighted by atomic mass is 16.3. The van der Waals surface area contributed by atoms with Gasteiger partial charge in [-0.05, 0) is 24.3 Å². The van der Waals surface area contributed by atoms with Crippen LogP contribution in [0.1, 0.15) is 18.4 Å². The van der Waals surface area contributed by atoms with Crippen LogP contribution < -0.4 is 0 Å². The van der Waals surface area contributed by atoms with Crippen LogP contribution in [0.25, 0.3) is 0 Å². The zero-order valence-electron chi connectivity index (χ0n) is 7.31. The molecule has 1 N–H and O–H groups in total. The number of aliphatic hydroxyl groups is 1. The second-order valence-corrected chi connectivity index (χ2v) is 3.58. The third-order valence-electron chi connectivity index (χ3n) is 2.62. The summed E-state index contributed by atoms with van der Waals surface area (Å²) < 4.78 is 0. The molecule has 1 aromatic rings. The summed E-state index contributed by atoms with van der Waals surface area (Å²) in [5, 5.41) is 10.1. The maximum atomic E-state index is 10.9. The summed E-state index contributed by atoms with van der Waals surface area (Å²) in [6.45, 7) is 0. The summed E-state index contributed by atoms with van der Waals surface area (Å²) in [6.07, 6.45) is 2.56. The average Bonchev–Trinajstić information content (AvgIpc) is 3.02. The Morgan fingerprint density at radius 2 is 1.92 bits per heavy atom. The van der Waals surface area contributed by atoms with Crippen LogP contribution in [0.15, 0.2) is 30.3 Å². The van der Waals surface area contributed by atoms with E-state index >= 15 is 0 Å². The Morgan fingerprint density at radius 1 is 1.31 bits per heavy atom. The lowest BCUT2D eigenvalue weighted by Crippen LogP contribution is -2.29. The SMILES string of the molecule is O=CC(O)(c1ccccc1)C1CC1. The van der Waals surface area contributed by atoms with E-state index < -0.39 is 5.60 Å². The Morgan fingerprint density at radius 3 is 2.38 bits per heavy atom. The third-order valence-corrected chi connectivity index (χ3v) is 2.62. The van der Waals surface area contributed by atoms with Gasteiger partial charge in [0.15, 0.2) is 6.29 Å². The van der Waals surface area contributed by atoms with Crippen molar-refractivity contribution in [1.82, 2.24) is 0 Å². The molecule has 1 aliphatic rings. The van der Waals surface area contributed by atoms with Crippen molar-refractivity contribution in [2.45, 2.75) is 18.4 Å².